The normalized spacial score (nSPS) is 56.7. The van der Waals surface area contributed by atoms with Crippen LogP contribution in [0.5, 0.6) is 0 Å². The molecule has 0 amide bonds. The molecule has 0 aromatic heterocycles. The van der Waals surface area contributed by atoms with E-state index < -0.39 is 12.1 Å². The van der Waals surface area contributed by atoms with Crippen molar-refractivity contribution < 1.29 is 10.2 Å². The van der Waals surface area contributed by atoms with Crippen LogP contribution in [0.25, 0.3) is 0 Å². The number of fused-ring (bicyclic) bond motifs is 5. The van der Waals surface area contributed by atoms with E-state index in [9.17, 15) is 15.1 Å². The van der Waals surface area contributed by atoms with E-state index in [0.29, 0.717) is 29.7 Å². The molecule has 0 radical (unpaired) electrons. The molecule has 0 spiro atoms. The summed E-state index contributed by atoms with van der Waals surface area (Å²) in [5.41, 5.74) is 0.180. The van der Waals surface area contributed by atoms with Gasteiger partial charge in [0, 0.05) is 6.04 Å². The lowest BCUT2D eigenvalue weighted by atomic mass is 9.44. The quantitative estimate of drug-likeness (QED) is 0.707. The van der Waals surface area contributed by atoms with Gasteiger partial charge < -0.3 is 10.2 Å². The predicted octanol–water partition coefficient (Wildman–Crippen LogP) is 3.57. The molecule has 0 aromatic rings. The number of aliphatic hydroxyl groups is 2. The second-order valence-corrected chi connectivity index (χ2v) is 11.4. The van der Waals surface area contributed by atoms with Gasteiger partial charge in [-0.25, -0.2) is 0 Å². The molecule has 5 nitrogen and oxygen atoms in total. The van der Waals surface area contributed by atoms with Gasteiger partial charge in [0.25, 0.3) is 0 Å². The number of nitrogens with zero attached hydrogens (tertiary/aromatic N) is 2. The first-order valence-electron chi connectivity index (χ1n) is 11.8. The van der Waals surface area contributed by atoms with E-state index in [1.807, 2.05) is 0 Å². The van der Waals surface area contributed by atoms with Crippen LogP contribution in [-0.2, 0) is 0 Å². The van der Waals surface area contributed by atoms with Gasteiger partial charge in [-0.05, 0) is 105 Å². The number of likely N-dealkylation sites (tertiary alicyclic amines) is 1. The molecule has 5 aliphatic rings. The zero-order chi connectivity index (χ0) is 19.7. The molecular formula is C23H38N2O3. The molecular weight excluding hydrogens is 352 g/mol. The molecule has 1 aliphatic heterocycles. The highest BCUT2D eigenvalue weighted by Gasteiger charge is 2.63. The second kappa shape index (κ2) is 6.75. The topological polar surface area (TPSA) is 73.1 Å². The second-order valence-electron chi connectivity index (χ2n) is 11.4. The zero-order valence-corrected chi connectivity index (χ0v) is 17.6. The maximum atomic E-state index is 11.4. The predicted molar refractivity (Wildman–Crippen MR) is 109 cm³/mol. The van der Waals surface area contributed by atoms with Gasteiger partial charge in [0.05, 0.1) is 12.2 Å². The number of nitroso groups, excluding NO2 is 1. The van der Waals surface area contributed by atoms with Gasteiger partial charge in [0.15, 0.2) is 0 Å². The number of rotatable bonds is 2. The molecule has 3 unspecified atom stereocenters. The monoisotopic (exact) mass is 390 g/mol. The molecule has 0 aromatic carbocycles. The van der Waals surface area contributed by atoms with Crippen LogP contribution in [0, 0.1) is 39.4 Å². The number of hydrogen-bond acceptors (Lipinski definition) is 5. The summed E-state index contributed by atoms with van der Waals surface area (Å²) in [6, 6.07) is -0.0568. The smallest absolute Gasteiger partial charge is 0.118 e. The fourth-order valence-corrected chi connectivity index (χ4v) is 8.80. The summed E-state index contributed by atoms with van der Waals surface area (Å²) < 4.78 is 0. The van der Waals surface area contributed by atoms with E-state index in [0.717, 1.165) is 45.2 Å². The number of hydrogen-bond donors (Lipinski definition) is 2. The molecule has 5 rings (SSSR count). The Kier molecular flexibility index (Phi) is 4.68. The molecule has 4 saturated carbocycles. The lowest BCUT2D eigenvalue weighted by Gasteiger charge is -2.61. The molecule has 28 heavy (non-hydrogen) atoms. The third kappa shape index (κ3) is 2.61. The van der Waals surface area contributed by atoms with E-state index in [-0.39, 0.29) is 16.9 Å². The van der Waals surface area contributed by atoms with Crippen LogP contribution in [-0.4, -0.2) is 52.5 Å². The van der Waals surface area contributed by atoms with Crippen molar-refractivity contribution in [3.63, 3.8) is 0 Å². The van der Waals surface area contributed by atoms with Crippen LogP contribution >= 0.6 is 0 Å². The maximum absolute atomic E-state index is 11.4. The minimum Gasteiger partial charge on any atom is -0.391 e. The summed E-state index contributed by atoms with van der Waals surface area (Å²) in [5, 5.41) is 25.2. The van der Waals surface area contributed by atoms with Crippen LogP contribution in [0.15, 0.2) is 5.18 Å². The van der Waals surface area contributed by atoms with Crippen molar-refractivity contribution >= 4 is 0 Å². The Hall–Kier alpha value is -0.520. The van der Waals surface area contributed by atoms with Crippen molar-refractivity contribution in [2.75, 3.05) is 13.1 Å². The summed E-state index contributed by atoms with van der Waals surface area (Å²) in [5.74, 6) is 2.40. The van der Waals surface area contributed by atoms with Gasteiger partial charge >= 0.3 is 0 Å². The first-order valence-corrected chi connectivity index (χ1v) is 11.8. The minimum atomic E-state index is -0.572. The van der Waals surface area contributed by atoms with E-state index in [4.69, 9.17) is 0 Å². The Balaban J connectivity index is 1.41. The molecule has 158 valence electrons. The molecule has 0 bridgehead atoms. The van der Waals surface area contributed by atoms with Crippen molar-refractivity contribution in [3.05, 3.63) is 4.91 Å². The fraction of sp³-hybridized carbons (Fsp3) is 1.00. The Morgan fingerprint density at radius 3 is 2.43 bits per heavy atom. The molecule has 4 aliphatic carbocycles. The number of aliphatic hydroxyl groups excluding tert-OH is 2. The fourth-order valence-electron chi connectivity index (χ4n) is 8.80. The van der Waals surface area contributed by atoms with Gasteiger partial charge in [0.2, 0.25) is 0 Å². The van der Waals surface area contributed by atoms with Gasteiger partial charge in [0.1, 0.15) is 6.04 Å². The summed E-state index contributed by atoms with van der Waals surface area (Å²) >= 11 is 0. The van der Waals surface area contributed by atoms with Crippen LogP contribution in [0.2, 0.25) is 0 Å². The van der Waals surface area contributed by atoms with Gasteiger partial charge in [-0.3, -0.25) is 4.90 Å². The highest BCUT2D eigenvalue weighted by Crippen LogP contribution is 2.66. The molecule has 5 fully saturated rings. The first kappa shape index (κ1) is 19.4. The van der Waals surface area contributed by atoms with E-state index in [1.54, 1.807) is 0 Å². The minimum absolute atomic E-state index is 0.0534. The Bertz CT molecular complexity index is 623. The highest BCUT2D eigenvalue weighted by molar-refractivity contribution is 5.14. The Labute approximate surface area is 169 Å². The Morgan fingerprint density at radius 2 is 1.71 bits per heavy atom. The summed E-state index contributed by atoms with van der Waals surface area (Å²) in [7, 11) is 0. The lowest BCUT2D eigenvalue weighted by molar-refractivity contribution is -0.141. The van der Waals surface area contributed by atoms with Crippen LogP contribution in [0.1, 0.15) is 71.6 Å². The van der Waals surface area contributed by atoms with Crippen LogP contribution < -0.4 is 0 Å². The zero-order valence-electron chi connectivity index (χ0n) is 17.6. The van der Waals surface area contributed by atoms with Gasteiger partial charge in [-0.2, -0.15) is 4.91 Å². The molecule has 1 saturated heterocycles. The Morgan fingerprint density at radius 1 is 0.964 bits per heavy atom. The summed E-state index contributed by atoms with van der Waals surface area (Å²) in [6.45, 7) is 7.07. The van der Waals surface area contributed by atoms with E-state index in [1.165, 1.54) is 25.7 Å². The molecule has 2 N–H and O–H groups in total. The van der Waals surface area contributed by atoms with Gasteiger partial charge in [-0.15, -0.1) is 0 Å². The maximum Gasteiger partial charge on any atom is 0.118 e. The van der Waals surface area contributed by atoms with Crippen LogP contribution in [0.4, 0.5) is 0 Å². The molecule has 5 heteroatoms. The standard InChI is InChI=1S/C23H38N2O3/c1-22-8-7-16-15(17(22)12-19(21(22)27)25-9-3-4-10-25)6-5-14-11-18(24-28)20(26)13-23(14,16)2/h14-21,26-27H,3-13H2,1-2H3/t14-,15?,16?,17?,18-,19-,20-,21-,22-,23-/m0/s1. The first-order chi connectivity index (χ1) is 13.4. The van der Waals surface area contributed by atoms with E-state index in [2.05, 4.69) is 23.9 Å². The summed E-state index contributed by atoms with van der Waals surface area (Å²) in [6.07, 6.45) is 9.11. The largest absolute Gasteiger partial charge is 0.391 e. The van der Waals surface area contributed by atoms with Crippen molar-refractivity contribution in [2.45, 2.75) is 95.9 Å². The average molecular weight is 391 g/mol. The highest BCUT2D eigenvalue weighted by atomic mass is 16.3. The lowest BCUT2D eigenvalue weighted by Crippen LogP contribution is -2.56. The van der Waals surface area contributed by atoms with Gasteiger partial charge in [-0.1, -0.05) is 19.0 Å². The van der Waals surface area contributed by atoms with Crippen molar-refractivity contribution in [3.8, 4) is 0 Å². The van der Waals surface area contributed by atoms with Crippen molar-refractivity contribution in [2.24, 2.45) is 39.7 Å². The van der Waals surface area contributed by atoms with Crippen molar-refractivity contribution in [1.29, 1.82) is 0 Å². The average Bonchev–Trinajstić information content (AvgIpc) is 3.28. The molecule has 1 heterocycles. The van der Waals surface area contributed by atoms with E-state index >= 15 is 0 Å². The third-order valence-corrected chi connectivity index (χ3v) is 10.4. The third-order valence-electron chi connectivity index (χ3n) is 10.4. The SMILES string of the molecule is C[C@]12CCC3C(CC[C@H]4C[C@H](N=O)[C@@H](O)C[C@]34C)C1C[C@H](N1CCCC1)[C@@H]2O. The van der Waals surface area contributed by atoms with Crippen molar-refractivity contribution in [1.82, 2.24) is 4.90 Å². The van der Waals surface area contributed by atoms with Crippen LogP contribution in [0.3, 0.4) is 0 Å². The molecule has 10 atom stereocenters. The summed E-state index contributed by atoms with van der Waals surface area (Å²) in [4.78, 5) is 13.8.